The molecule has 0 heterocycles. The standard InChI is InChI=1S/C12H26N2O3S/c1-14(8-9-18(2,16)17)7-5-11-4-3-6-12(11,15)10-13/h11,15H,3-10,13H2,1-2H3. The van der Waals surface area contributed by atoms with Gasteiger partial charge in [0.25, 0.3) is 0 Å². The Kier molecular flexibility index (Phi) is 5.58. The topological polar surface area (TPSA) is 83.6 Å². The molecule has 0 aromatic carbocycles. The van der Waals surface area contributed by atoms with Gasteiger partial charge in [0.1, 0.15) is 9.84 Å². The van der Waals surface area contributed by atoms with Gasteiger partial charge in [0.15, 0.2) is 0 Å². The van der Waals surface area contributed by atoms with E-state index in [0.29, 0.717) is 13.1 Å². The molecule has 1 aliphatic carbocycles. The highest BCUT2D eigenvalue weighted by Gasteiger charge is 2.39. The quantitative estimate of drug-likeness (QED) is 0.676. The summed E-state index contributed by atoms with van der Waals surface area (Å²) < 4.78 is 22.1. The molecular formula is C12H26N2O3S. The van der Waals surface area contributed by atoms with Gasteiger partial charge >= 0.3 is 0 Å². The van der Waals surface area contributed by atoms with Gasteiger partial charge in [-0.1, -0.05) is 6.42 Å². The summed E-state index contributed by atoms with van der Waals surface area (Å²) in [5.74, 6) is 0.443. The van der Waals surface area contributed by atoms with Crippen molar-refractivity contribution in [2.24, 2.45) is 11.7 Å². The Morgan fingerprint density at radius 1 is 1.44 bits per heavy atom. The summed E-state index contributed by atoms with van der Waals surface area (Å²) in [7, 11) is -0.977. The minimum absolute atomic E-state index is 0.190. The van der Waals surface area contributed by atoms with Crippen molar-refractivity contribution < 1.29 is 13.5 Å². The molecule has 0 aromatic rings. The van der Waals surface area contributed by atoms with E-state index in [0.717, 1.165) is 32.2 Å². The van der Waals surface area contributed by atoms with Gasteiger partial charge in [-0.05, 0) is 38.8 Å². The van der Waals surface area contributed by atoms with Crippen molar-refractivity contribution >= 4 is 9.84 Å². The SMILES string of the molecule is CN(CCC1CCCC1(O)CN)CCS(C)(=O)=O. The van der Waals surface area contributed by atoms with Crippen LogP contribution >= 0.6 is 0 Å². The number of aliphatic hydroxyl groups is 1. The van der Waals surface area contributed by atoms with Crippen LogP contribution in [0.1, 0.15) is 25.7 Å². The maximum absolute atomic E-state index is 11.1. The summed E-state index contributed by atoms with van der Waals surface area (Å²) in [6.45, 7) is 1.68. The number of hydrogen-bond acceptors (Lipinski definition) is 5. The number of nitrogens with two attached hydrogens (primary N) is 1. The third kappa shape index (κ3) is 4.84. The molecule has 2 atom stereocenters. The smallest absolute Gasteiger partial charge is 0.148 e. The van der Waals surface area contributed by atoms with Gasteiger partial charge in [-0.25, -0.2) is 8.42 Å². The molecule has 0 aromatic heterocycles. The second-order valence-corrected chi connectivity index (χ2v) is 7.88. The van der Waals surface area contributed by atoms with Crippen LogP contribution in [0.4, 0.5) is 0 Å². The first kappa shape index (κ1) is 15.9. The molecule has 2 unspecified atom stereocenters. The number of sulfone groups is 1. The van der Waals surface area contributed by atoms with Gasteiger partial charge < -0.3 is 15.7 Å². The van der Waals surface area contributed by atoms with Crippen LogP contribution in [-0.4, -0.2) is 62.7 Å². The van der Waals surface area contributed by atoms with Crippen LogP contribution in [0.15, 0.2) is 0 Å². The van der Waals surface area contributed by atoms with E-state index in [-0.39, 0.29) is 11.7 Å². The Bertz CT molecular complexity index is 358. The summed E-state index contributed by atoms with van der Waals surface area (Å²) in [5, 5.41) is 10.3. The fourth-order valence-corrected chi connectivity index (χ4v) is 3.26. The minimum Gasteiger partial charge on any atom is -0.388 e. The van der Waals surface area contributed by atoms with E-state index >= 15 is 0 Å². The molecule has 0 radical (unpaired) electrons. The van der Waals surface area contributed by atoms with Crippen LogP contribution in [0.2, 0.25) is 0 Å². The summed E-state index contributed by atoms with van der Waals surface area (Å²) in [6, 6.07) is 0. The predicted octanol–water partition coefficient (Wildman–Crippen LogP) is -0.157. The number of rotatable bonds is 7. The van der Waals surface area contributed by atoms with Crippen molar-refractivity contribution in [1.82, 2.24) is 4.90 Å². The van der Waals surface area contributed by atoms with Crippen molar-refractivity contribution in [3.63, 3.8) is 0 Å². The lowest BCUT2D eigenvalue weighted by Gasteiger charge is -2.30. The molecule has 6 heteroatoms. The van der Waals surface area contributed by atoms with E-state index in [4.69, 9.17) is 5.73 Å². The highest BCUT2D eigenvalue weighted by Crippen LogP contribution is 2.37. The molecule has 18 heavy (non-hydrogen) atoms. The number of hydrogen-bond donors (Lipinski definition) is 2. The normalized spacial score (nSPS) is 29.1. The third-order valence-electron chi connectivity index (χ3n) is 3.98. The molecule has 108 valence electrons. The highest BCUT2D eigenvalue weighted by atomic mass is 32.2. The lowest BCUT2D eigenvalue weighted by atomic mass is 9.88. The van der Waals surface area contributed by atoms with Crippen LogP contribution in [0.3, 0.4) is 0 Å². The summed E-state index contributed by atoms with van der Waals surface area (Å²) in [6.07, 6.45) is 4.99. The van der Waals surface area contributed by atoms with E-state index in [1.165, 1.54) is 6.26 Å². The monoisotopic (exact) mass is 278 g/mol. The van der Waals surface area contributed by atoms with Crippen molar-refractivity contribution in [2.75, 3.05) is 38.7 Å². The highest BCUT2D eigenvalue weighted by molar-refractivity contribution is 7.90. The molecule has 1 saturated carbocycles. The van der Waals surface area contributed by atoms with Gasteiger partial charge in [0.05, 0.1) is 11.4 Å². The van der Waals surface area contributed by atoms with Gasteiger partial charge in [-0.15, -0.1) is 0 Å². The third-order valence-corrected chi connectivity index (χ3v) is 4.90. The molecule has 0 bridgehead atoms. The summed E-state index contributed by atoms with van der Waals surface area (Å²) in [4.78, 5) is 2.01. The molecule has 0 saturated heterocycles. The van der Waals surface area contributed by atoms with Crippen LogP contribution in [0.25, 0.3) is 0 Å². The Morgan fingerprint density at radius 2 is 2.11 bits per heavy atom. The first-order chi connectivity index (χ1) is 8.27. The lowest BCUT2D eigenvalue weighted by molar-refractivity contribution is 0.00550. The van der Waals surface area contributed by atoms with Crippen molar-refractivity contribution in [1.29, 1.82) is 0 Å². The summed E-state index contributed by atoms with van der Waals surface area (Å²) >= 11 is 0. The molecule has 1 fully saturated rings. The lowest BCUT2D eigenvalue weighted by Crippen LogP contribution is -2.42. The Hall–Kier alpha value is -0.170. The maximum Gasteiger partial charge on any atom is 0.148 e. The molecule has 5 nitrogen and oxygen atoms in total. The van der Waals surface area contributed by atoms with E-state index in [9.17, 15) is 13.5 Å². The molecule has 1 aliphatic rings. The molecule has 1 rings (SSSR count). The van der Waals surface area contributed by atoms with Gasteiger partial charge in [-0.3, -0.25) is 0 Å². The first-order valence-electron chi connectivity index (χ1n) is 6.55. The largest absolute Gasteiger partial charge is 0.388 e. The van der Waals surface area contributed by atoms with Crippen LogP contribution in [0, 0.1) is 5.92 Å². The molecule has 0 aliphatic heterocycles. The molecular weight excluding hydrogens is 252 g/mol. The van der Waals surface area contributed by atoms with E-state index in [1.54, 1.807) is 0 Å². The zero-order chi connectivity index (χ0) is 13.8. The fourth-order valence-electron chi connectivity index (χ4n) is 2.62. The van der Waals surface area contributed by atoms with Crippen molar-refractivity contribution in [3.05, 3.63) is 0 Å². The second kappa shape index (κ2) is 6.32. The minimum atomic E-state index is -2.90. The molecule has 0 spiro atoms. The number of nitrogens with zero attached hydrogens (tertiary/aromatic N) is 1. The Morgan fingerprint density at radius 3 is 2.67 bits per heavy atom. The molecule has 3 N–H and O–H groups in total. The van der Waals surface area contributed by atoms with Crippen LogP contribution in [0.5, 0.6) is 0 Å². The van der Waals surface area contributed by atoms with Crippen molar-refractivity contribution in [3.8, 4) is 0 Å². The average Bonchev–Trinajstić information content (AvgIpc) is 2.65. The van der Waals surface area contributed by atoms with E-state index in [2.05, 4.69) is 0 Å². The first-order valence-corrected chi connectivity index (χ1v) is 8.61. The van der Waals surface area contributed by atoms with Gasteiger partial charge in [-0.2, -0.15) is 0 Å². The Balaban J connectivity index is 2.32. The van der Waals surface area contributed by atoms with E-state index < -0.39 is 15.4 Å². The van der Waals surface area contributed by atoms with Crippen LogP contribution < -0.4 is 5.73 Å². The zero-order valence-corrected chi connectivity index (χ0v) is 12.2. The Labute approximate surface area is 110 Å². The van der Waals surface area contributed by atoms with Gasteiger partial charge in [0.2, 0.25) is 0 Å². The zero-order valence-electron chi connectivity index (χ0n) is 11.4. The van der Waals surface area contributed by atoms with Crippen molar-refractivity contribution in [2.45, 2.75) is 31.3 Å². The fraction of sp³-hybridized carbons (Fsp3) is 1.00. The van der Waals surface area contributed by atoms with Crippen LogP contribution in [-0.2, 0) is 9.84 Å². The maximum atomic E-state index is 11.1. The molecule has 0 amide bonds. The van der Waals surface area contributed by atoms with E-state index in [1.807, 2.05) is 11.9 Å². The predicted molar refractivity (Wildman–Crippen MR) is 73.2 cm³/mol. The average molecular weight is 278 g/mol. The van der Waals surface area contributed by atoms with Gasteiger partial charge in [0, 0.05) is 19.3 Å². The second-order valence-electron chi connectivity index (χ2n) is 5.62. The summed E-state index contributed by atoms with van der Waals surface area (Å²) in [5.41, 5.74) is 4.94.